The average Bonchev–Trinajstić information content (AvgIpc) is 2.59. The molecule has 0 radical (unpaired) electrons. The molecule has 3 N–H and O–H groups in total. The molecule has 2 aromatic rings. The van der Waals surface area contributed by atoms with Crippen molar-refractivity contribution in [3.8, 4) is 0 Å². The van der Waals surface area contributed by atoms with E-state index in [4.69, 9.17) is 0 Å². The first-order chi connectivity index (χ1) is 12.7. The van der Waals surface area contributed by atoms with Crippen LogP contribution in [-0.2, 0) is 6.42 Å². The van der Waals surface area contributed by atoms with Crippen molar-refractivity contribution in [1.82, 2.24) is 15.6 Å². The van der Waals surface area contributed by atoms with Gasteiger partial charge in [-0.1, -0.05) is 51.1 Å². The van der Waals surface area contributed by atoms with Gasteiger partial charge in [-0.2, -0.15) is 0 Å². The fourth-order valence-corrected chi connectivity index (χ4v) is 3.16. The predicted molar refractivity (Wildman–Crippen MR) is 108 cm³/mol. The summed E-state index contributed by atoms with van der Waals surface area (Å²) >= 11 is 3.30. The quantitative estimate of drug-likeness (QED) is 0.644. The molecule has 0 saturated carbocycles. The van der Waals surface area contributed by atoms with Crippen molar-refractivity contribution in [3.63, 3.8) is 0 Å². The van der Waals surface area contributed by atoms with Gasteiger partial charge in [-0.25, -0.2) is 9.78 Å². The number of pyridine rings is 1. The molecule has 0 aliphatic carbocycles. The van der Waals surface area contributed by atoms with E-state index in [0.29, 0.717) is 6.42 Å². The zero-order chi connectivity index (χ0) is 20.0. The van der Waals surface area contributed by atoms with Crippen LogP contribution in [-0.4, -0.2) is 34.2 Å². The second kappa shape index (κ2) is 8.99. The number of nitrogens with one attached hydrogen (secondary N) is 2. The summed E-state index contributed by atoms with van der Waals surface area (Å²) in [6.45, 7) is 5.82. The molecule has 6 nitrogen and oxygen atoms in total. The summed E-state index contributed by atoms with van der Waals surface area (Å²) in [4.78, 5) is 28.2. The van der Waals surface area contributed by atoms with Crippen molar-refractivity contribution in [2.75, 3.05) is 0 Å². The number of hydrogen-bond donors (Lipinski definition) is 3. The lowest BCUT2D eigenvalue weighted by Gasteiger charge is -2.37. The number of carbonyl (C=O) groups is 2. The summed E-state index contributed by atoms with van der Waals surface area (Å²) in [6, 6.07) is 12.1. The standard InChI is InChI=1S/C20H24BrN3O3/c1-20(2,3)17(24-19(26)27)16(11-13-7-5-4-6-8-13)23-18(25)15-10-9-14(21)12-22-15/h4-10,12,16-17,24H,11H2,1-3H3,(H,23,25)(H,26,27). The van der Waals surface area contributed by atoms with Crippen LogP contribution in [0.1, 0.15) is 36.8 Å². The van der Waals surface area contributed by atoms with Crippen LogP contribution in [0.25, 0.3) is 0 Å². The molecule has 2 rings (SSSR count). The highest BCUT2D eigenvalue weighted by Gasteiger charge is 2.35. The van der Waals surface area contributed by atoms with Gasteiger partial charge in [0, 0.05) is 10.7 Å². The topological polar surface area (TPSA) is 91.3 Å². The second-order valence-corrected chi connectivity index (χ2v) is 8.34. The third-order valence-corrected chi connectivity index (χ3v) is 4.66. The number of benzene rings is 1. The van der Waals surface area contributed by atoms with Gasteiger partial charge < -0.3 is 15.7 Å². The number of amides is 2. The molecule has 2 unspecified atom stereocenters. The zero-order valence-electron chi connectivity index (χ0n) is 15.6. The molecule has 0 bridgehead atoms. The summed E-state index contributed by atoms with van der Waals surface area (Å²) in [7, 11) is 0. The normalized spacial score (nSPS) is 13.5. The minimum atomic E-state index is -1.12. The lowest BCUT2D eigenvalue weighted by atomic mass is 9.80. The summed E-state index contributed by atoms with van der Waals surface area (Å²) in [5.74, 6) is -0.343. The molecular formula is C20H24BrN3O3. The fraction of sp³-hybridized carbons (Fsp3) is 0.350. The third kappa shape index (κ3) is 6.36. The fourth-order valence-electron chi connectivity index (χ4n) is 2.93. The van der Waals surface area contributed by atoms with Crippen LogP contribution in [0.4, 0.5) is 4.79 Å². The Morgan fingerprint density at radius 3 is 2.30 bits per heavy atom. The molecule has 0 saturated heterocycles. The Morgan fingerprint density at radius 2 is 1.78 bits per heavy atom. The second-order valence-electron chi connectivity index (χ2n) is 7.42. The van der Waals surface area contributed by atoms with Gasteiger partial charge in [0.2, 0.25) is 0 Å². The summed E-state index contributed by atoms with van der Waals surface area (Å²) in [5.41, 5.74) is 0.880. The molecule has 0 aliphatic rings. The number of carboxylic acid groups (broad SMARTS) is 1. The Balaban J connectivity index is 2.31. The highest BCUT2D eigenvalue weighted by Crippen LogP contribution is 2.24. The van der Waals surface area contributed by atoms with E-state index in [1.54, 1.807) is 18.3 Å². The number of rotatable bonds is 6. The lowest BCUT2D eigenvalue weighted by Crippen LogP contribution is -2.58. The van der Waals surface area contributed by atoms with Crippen LogP contribution in [0, 0.1) is 5.41 Å². The summed E-state index contributed by atoms with van der Waals surface area (Å²) in [5, 5.41) is 14.9. The first-order valence-electron chi connectivity index (χ1n) is 8.62. The van der Waals surface area contributed by atoms with Gasteiger partial charge in [0.15, 0.2) is 0 Å². The van der Waals surface area contributed by atoms with E-state index in [1.165, 1.54) is 0 Å². The summed E-state index contributed by atoms with van der Waals surface area (Å²) in [6.07, 6.45) is 0.924. The largest absolute Gasteiger partial charge is 0.465 e. The van der Waals surface area contributed by atoms with Crippen LogP contribution in [0.5, 0.6) is 0 Å². The van der Waals surface area contributed by atoms with Crippen LogP contribution in [0.3, 0.4) is 0 Å². The first-order valence-corrected chi connectivity index (χ1v) is 9.42. The van der Waals surface area contributed by atoms with Gasteiger partial charge in [0.05, 0.1) is 12.1 Å². The average molecular weight is 434 g/mol. The van der Waals surface area contributed by atoms with Crippen molar-refractivity contribution in [3.05, 3.63) is 64.4 Å². The molecule has 1 aromatic heterocycles. The van der Waals surface area contributed by atoms with Gasteiger partial charge in [-0.3, -0.25) is 4.79 Å². The molecule has 27 heavy (non-hydrogen) atoms. The van der Waals surface area contributed by atoms with E-state index in [0.717, 1.165) is 10.0 Å². The molecule has 2 atom stereocenters. The number of aromatic nitrogens is 1. The van der Waals surface area contributed by atoms with Crippen molar-refractivity contribution < 1.29 is 14.7 Å². The number of hydrogen-bond acceptors (Lipinski definition) is 3. The minimum absolute atomic E-state index is 0.277. The predicted octanol–water partition coefficient (Wildman–Crippen LogP) is 3.87. The SMILES string of the molecule is CC(C)(C)C(NC(=O)O)C(Cc1ccccc1)NC(=O)c1ccc(Br)cn1. The lowest BCUT2D eigenvalue weighted by molar-refractivity contribution is 0.0895. The Morgan fingerprint density at radius 1 is 1.11 bits per heavy atom. The maximum atomic E-state index is 12.7. The van der Waals surface area contributed by atoms with E-state index in [9.17, 15) is 14.7 Å². The molecule has 0 aliphatic heterocycles. The maximum absolute atomic E-state index is 12.7. The van der Waals surface area contributed by atoms with Crippen LogP contribution < -0.4 is 10.6 Å². The monoisotopic (exact) mass is 433 g/mol. The maximum Gasteiger partial charge on any atom is 0.404 e. The molecule has 0 fully saturated rings. The Hall–Kier alpha value is -2.41. The highest BCUT2D eigenvalue weighted by molar-refractivity contribution is 9.10. The van der Waals surface area contributed by atoms with E-state index >= 15 is 0 Å². The van der Waals surface area contributed by atoms with Crippen LogP contribution in [0.2, 0.25) is 0 Å². The summed E-state index contributed by atoms with van der Waals surface area (Å²) < 4.78 is 0.778. The van der Waals surface area contributed by atoms with E-state index in [1.807, 2.05) is 51.1 Å². The van der Waals surface area contributed by atoms with Gasteiger partial charge in [0.1, 0.15) is 5.69 Å². The Bertz CT molecular complexity index is 773. The Kier molecular flexibility index (Phi) is 6.96. The van der Waals surface area contributed by atoms with Gasteiger partial charge >= 0.3 is 6.09 Å². The molecule has 0 spiro atoms. The van der Waals surface area contributed by atoms with Crippen molar-refractivity contribution in [2.24, 2.45) is 5.41 Å². The minimum Gasteiger partial charge on any atom is -0.465 e. The first kappa shape index (κ1) is 20.9. The van der Waals surface area contributed by atoms with Crippen LogP contribution in [0.15, 0.2) is 53.1 Å². The van der Waals surface area contributed by atoms with E-state index < -0.39 is 23.6 Å². The number of nitrogens with zero attached hydrogens (tertiary/aromatic N) is 1. The zero-order valence-corrected chi connectivity index (χ0v) is 17.2. The smallest absolute Gasteiger partial charge is 0.404 e. The third-order valence-electron chi connectivity index (χ3n) is 4.19. The van der Waals surface area contributed by atoms with Gasteiger partial charge in [-0.05, 0) is 45.5 Å². The van der Waals surface area contributed by atoms with Crippen molar-refractivity contribution in [2.45, 2.75) is 39.3 Å². The number of halogens is 1. The molecular weight excluding hydrogens is 410 g/mol. The van der Waals surface area contributed by atoms with Crippen LogP contribution >= 0.6 is 15.9 Å². The molecule has 144 valence electrons. The molecule has 7 heteroatoms. The number of carbonyl (C=O) groups excluding carboxylic acids is 1. The van der Waals surface area contributed by atoms with E-state index in [2.05, 4.69) is 31.5 Å². The highest BCUT2D eigenvalue weighted by atomic mass is 79.9. The van der Waals surface area contributed by atoms with Gasteiger partial charge in [0.25, 0.3) is 5.91 Å². The van der Waals surface area contributed by atoms with E-state index in [-0.39, 0.29) is 11.6 Å². The van der Waals surface area contributed by atoms with Gasteiger partial charge in [-0.15, -0.1) is 0 Å². The molecule has 1 aromatic carbocycles. The molecule has 1 heterocycles. The van der Waals surface area contributed by atoms with Crippen molar-refractivity contribution >= 4 is 27.9 Å². The molecule has 2 amide bonds. The Labute approximate surface area is 167 Å². The van der Waals surface area contributed by atoms with Crippen molar-refractivity contribution in [1.29, 1.82) is 0 Å².